The number of amides is 1. The van der Waals surface area contributed by atoms with E-state index < -0.39 is 0 Å². The van der Waals surface area contributed by atoms with E-state index in [9.17, 15) is 4.79 Å². The quantitative estimate of drug-likeness (QED) is 0.741. The third-order valence-electron chi connectivity index (χ3n) is 2.79. The van der Waals surface area contributed by atoms with Crippen LogP contribution in [0, 0.1) is 0 Å². The fourth-order valence-electron chi connectivity index (χ4n) is 2.07. The predicted molar refractivity (Wildman–Crippen MR) is 74.6 cm³/mol. The van der Waals surface area contributed by atoms with E-state index in [1.807, 2.05) is 23.9 Å². The van der Waals surface area contributed by atoms with Gasteiger partial charge in [-0.25, -0.2) is 0 Å². The van der Waals surface area contributed by atoms with Gasteiger partial charge in [-0.05, 0) is 27.9 Å². The molecule has 0 atom stereocenters. The molecular weight excluding hydrogens is 234 g/mol. The van der Waals surface area contributed by atoms with E-state index in [0.717, 1.165) is 32.7 Å². The molecule has 0 N–H and O–H groups in total. The summed E-state index contributed by atoms with van der Waals surface area (Å²) in [4.78, 5) is 18.1. The Labute approximate surface area is 110 Å². The molecule has 1 amide bonds. The third kappa shape index (κ3) is 5.75. The van der Waals surface area contributed by atoms with Gasteiger partial charge in [-0.15, -0.1) is 0 Å². The van der Waals surface area contributed by atoms with E-state index in [1.54, 1.807) is 0 Å². The number of carbonyl (C=O) groups excluding carboxylic acids is 1. The maximum absolute atomic E-state index is 11.9. The van der Waals surface area contributed by atoms with Gasteiger partial charge in [0.15, 0.2) is 0 Å². The molecule has 1 saturated heterocycles. The molecule has 0 spiro atoms. The van der Waals surface area contributed by atoms with E-state index in [4.69, 9.17) is 0 Å². The summed E-state index contributed by atoms with van der Waals surface area (Å²) in [5.41, 5.74) is 0. The number of hydrogen-bond acceptors (Lipinski definition) is 4. The molecule has 1 aliphatic rings. The summed E-state index contributed by atoms with van der Waals surface area (Å²) < 4.78 is 0.0375. The molecule has 17 heavy (non-hydrogen) atoms. The van der Waals surface area contributed by atoms with Gasteiger partial charge in [0.2, 0.25) is 5.91 Å². The second-order valence-electron chi connectivity index (χ2n) is 5.71. The number of carbonyl (C=O) groups is 1. The van der Waals surface area contributed by atoms with Crippen molar-refractivity contribution in [1.29, 1.82) is 0 Å². The van der Waals surface area contributed by atoms with Crippen molar-refractivity contribution in [3.05, 3.63) is 0 Å². The first kappa shape index (κ1) is 14.8. The van der Waals surface area contributed by atoms with Gasteiger partial charge in [-0.3, -0.25) is 9.69 Å². The van der Waals surface area contributed by atoms with Crippen LogP contribution in [0.5, 0.6) is 0 Å². The summed E-state index contributed by atoms with van der Waals surface area (Å²) in [6.07, 6.45) is 0. The van der Waals surface area contributed by atoms with Gasteiger partial charge in [0, 0.05) is 37.5 Å². The Balaban J connectivity index is 2.33. The molecule has 0 aromatic heterocycles. The zero-order chi connectivity index (χ0) is 13.1. The summed E-state index contributed by atoms with van der Waals surface area (Å²) in [6.45, 7) is 9.35. The van der Waals surface area contributed by atoms with E-state index in [2.05, 4.69) is 31.4 Å². The van der Waals surface area contributed by atoms with Crippen molar-refractivity contribution >= 4 is 18.5 Å². The zero-order valence-corrected chi connectivity index (χ0v) is 12.3. The van der Waals surface area contributed by atoms with Crippen LogP contribution in [0.4, 0.5) is 0 Å². The average molecular weight is 259 g/mol. The Bertz CT molecular complexity index is 255. The van der Waals surface area contributed by atoms with Crippen LogP contribution in [0.15, 0.2) is 0 Å². The Morgan fingerprint density at radius 3 is 2.18 bits per heavy atom. The lowest BCUT2D eigenvalue weighted by molar-refractivity contribution is -0.133. The van der Waals surface area contributed by atoms with Crippen molar-refractivity contribution in [3.8, 4) is 0 Å². The predicted octanol–water partition coefficient (Wildman–Crippen LogP) is 0.401. The van der Waals surface area contributed by atoms with Gasteiger partial charge in [0.25, 0.3) is 0 Å². The van der Waals surface area contributed by atoms with Gasteiger partial charge in [-0.1, -0.05) is 0 Å². The SMILES string of the molecule is CN(C)CC(=O)N1CCN(CC(C)(C)S)CC1. The second-order valence-corrected chi connectivity index (χ2v) is 6.92. The molecule has 0 radical (unpaired) electrons. The fraction of sp³-hybridized carbons (Fsp3) is 0.917. The van der Waals surface area contributed by atoms with Crippen LogP contribution in [-0.4, -0.2) is 78.7 Å². The molecular formula is C12H25N3OS. The summed E-state index contributed by atoms with van der Waals surface area (Å²) in [6, 6.07) is 0. The van der Waals surface area contributed by atoms with Crippen LogP contribution in [-0.2, 0) is 4.79 Å². The van der Waals surface area contributed by atoms with E-state index in [0.29, 0.717) is 6.54 Å². The molecule has 5 heteroatoms. The first-order valence-corrected chi connectivity index (χ1v) is 6.60. The van der Waals surface area contributed by atoms with E-state index >= 15 is 0 Å². The molecule has 0 aromatic rings. The number of nitrogens with zero attached hydrogens (tertiary/aromatic N) is 3. The number of likely N-dealkylation sites (N-methyl/N-ethyl adjacent to an activating group) is 1. The average Bonchev–Trinajstić information content (AvgIpc) is 2.15. The summed E-state index contributed by atoms with van der Waals surface area (Å²) in [7, 11) is 3.86. The third-order valence-corrected chi connectivity index (χ3v) is 2.93. The van der Waals surface area contributed by atoms with Crippen molar-refractivity contribution < 1.29 is 4.79 Å². The largest absolute Gasteiger partial charge is 0.339 e. The highest BCUT2D eigenvalue weighted by Crippen LogP contribution is 2.15. The van der Waals surface area contributed by atoms with Gasteiger partial charge in [-0.2, -0.15) is 12.6 Å². The highest BCUT2D eigenvalue weighted by atomic mass is 32.1. The molecule has 1 aliphatic heterocycles. The second kappa shape index (κ2) is 6.07. The Kier molecular flexibility index (Phi) is 5.28. The molecule has 4 nitrogen and oxygen atoms in total. The van der Waals surface area contributed by atoms with Crippen LogP contribution in [0.1, 0.15) is 13.8 Å². The number of piperazine rings is 1. The molecule has 0 saturated carbocycles. The molecule has 100 valence electrons. The van der Waals surface area contributed by atoms with E-state index in [1.165, 1.54) is 0 Å². The first-order chi connectivity index (χ1) is 7.78. The Hall–Kier alpha value is -0.260. The van der Waals surface area contributed by atoms with Gasteiger partial charge < -0.3 is 9.80 Å². The normalized spacial score (nSPS) is 18.8. The summed E-state index contributed by atoms with van der Waals surface area (Å²) in [5, 5.41) is 0. The zero-order valence-electron chi connectivity index (χ0n) is 11.4. The molecule has 1 fully saturated rings. The lowest BCUT2D eigenvalue weighted by atomic mass is 10.1. The number of thiol groups is 1. The van der Waals surface area contributed by atoms with Crippen LogP contribution in [0.25, 0.3) is 0 Å². The highest BCUT2D eigenvalue weighted by Gasteiger charge is 2.24. The lowest BCUT2D eigenvalue weighted by Gasteiger charge is -2.37. The van der Waals surface area contributed by atoms with Crippen LogP contribution in [0.2, 0.25) is 0 Å². The Morgan fingerprint density at radius 2 is 1.76 bits per heavy atom. The molecule has 0 bridgehead atoms. The number of rotatable bonds is 4. The van der Waals surface area contributed by atoms with E-state index in [-0.39, 0.29) is 10.7 Å². The fourth-order valence-corrected chi connectivity index (χ4v) is 2.27. The minimum Gasteiger partial charge on any atom is -0.339 e. The lowest BCUT2D eigenvalue weighted by Crippen LogP contribution is -2.52. The van der Waals surface area contributed by atoms with Gasteiger partial charge in [0.05, 0.1) is 6.54 Å². The van der Waals surface area contributed by atoms with Crippen molar-refractivity contribution in [1.82, 2.24) is 14.7 Å². The maximum atomic E-state index is 11.9. The topological polar surface area (TPSA) is 26.8 Å². The summed E-state index contributed by atoms with van der Waals surface area (Å²) in [5.74, 6) is 0.236. The van der Waals surface area contributed by atoms with Crippen molar-refractivity contribution in [2.75, 3.05) is 53.4 Å². The molecule has 0 aromatic carbocycles. The summed E-state index contributed by atoms with van der Waals surface area (Å²) >= 11 is 4.54. The standard InChI is InChI=1S/C12H25N3OS/c1-12(2,17)10-14-5-7-15(8-6-14)11(16)9-13(3)4/h17H,5-10H2,1-4H3. The molecule has 0 unspecified atom stereocenters. The van der Waals surface area contributed by atoms with Crippen molar-refractivity contribution in [3.63, 3.8) is 0 Å². The highest BCUT2D eigenvalue weighted by molar-refractivity contribution is 7.81. The Morgan fingerprint density at radius 1 is 1.24 bits per heavy atom. The molecule has 1 rings (SSSR count). The maximum Gasteiger partial charge on any atom is 0.236 e. The monoisotopic (exact) mass is 259 g/mol. The van der Waals surface area contributed by atoms with Gasteiger partial charge in [0.1, 0.15) is 0 Å². The molecule has 1 heterocycles. The minimum atomic E-state index is 0.0375. The first-order valence-electron chi connectivity index (χ1n) is 6.15. The van der Waals surface area contributed by atoms with Gasteiger partial charge >= 0.3 is 0 Å². The van der Waals surface area contributed by atoms with Crippen molar-refractivity contribution in [2.24, 2.45) is 0 Å². The van der Waals surface area contributed by atoms with Crippen molar-refractivity contribution in [2.45, 2.75) is 18.6 Å². The van der Waals surface area contributed by atoms with Crippen LogP contribution >= 0.6 is 12.6 Å². The number of hydrogen-bond donors (Lipinski definition) is 1. The minimum absolute atomic E-state index is 0.0375. The molecule has 0 aliphatic carbocycles. The van der Waals surface area contributed by atoms with Crippen LogP contribution in [0.3, 0.4) is 0 Å². The smallest absolute Gasteiger partial charge is 0.236 e. The van der Waals surface area contributed by atoms with Crippen LogP contribution < -0.4 is 0 Å².